The van der Waals surface area contributed by atoms with E-state index in [1.54, 1.807) is 6.07 Å². The third kappa shape index (κ3) is 3.00. The van der Waals surface area contributed by atoms with Crippen molar-refractivity contribution in [2.45, 2.75) is 45.3 Å². The fourth-order valence-electron chi connectivity index (χ4n) is 3.06. The molecule has 0 N–H and O–H groups in total. The van der Waals surface area contributed by atoms with Crippen molar-refractivity contribution < 1.29 is 17.9 Å². The molecule has 1 aliphatic rings. The van der Waals surface area contributed by atoms with Crippen molar-refractivity contribution in [3.05, 3.63) is 70.0 Å². The molecule has 0 bridgehead atoms. The summed E-state index contributed by atoms with van der Waals surface area (Å²) in [5.41, 5.74) is 1.76. The summed E-state index contributed by atoms with van der Waals surface area (Å²) < 4.78 is 47.7. The molecule has 2 aromatic carbocycles. The summed E-state index contributed by atoms with van der Waals surface area (Å²) in [4.78, 5) is 0. The van der Waals surface area contributed by atoms with E-state index in [9.17, 15) is 13.2 Å². The molecule has 0 radical (unpaired) electrons. The van der Waals surface area contributed by atoms with Gasteiger partial charge in [-0.1, -0.05) is 49.7 Å². The van der Waals surface area contributed by atoms with Gasteiger partial charge in [0.05, 0.1) is 11.7 Å². The molecule has 1 unspecified atom stereocenters. The fourth-order valence-corrected chi connectivity index (χ4v) is 3.06. The van der Waals surface area contributed by atoms with E-state index in [0.29, 0.717) is 11.1 Å². The van der Waals surface area contributed by atoms with Gasteiger partial charge in [0.15, 0.2) is 0 Å². The van der Waals surface area contributed by atoms with Crippen LogP contribution in [0, 0.1) is 12.7 Å². The lowest BCUT2D eigenvalue weighted by atomic mass is 9.92. The van der Waals surface area contributed by atoms with E-state index < -0.39 is 23.6 Å². The summed E-state index contributed by atoms with van der Waals surface area (Å²) in [7, 11) is 0. The van der Waals surface area contributed by atoms with Crippen LogP contribution in [0.25, 0.3) is 0 Å². The number of hydrogen-bond acceptors (Lipinski definition) is 1. The van der Waals surface area contributed by atoms with Crippen LogP contribution >= 0.6 is 0 Å². The maximum atomic E-state index is 14.3. The van der Waals surface area contributed by atoms with Gasteiger partial charge in [0.1, 0.15) is 5.82 Å². The lowest BCUT2D eigenvalue weighted by Gasteiger charge is -2.32. The van der Waals surface area contributed by atoms with E-state index in [2.05, 4.69) is 6.92 Å². The van der Waals surface area contributed by atoms with Gasteiger partial charge in [-0.15, -0.1) is 0 Å². The molecule has 0 amide bonds. The van der Waals surface area contributed by atoms with Gasteiger partial charge in [-0.3, -0.25) is 0 Å². The molecule has 0 saturated heterocycles. The Morgan fingerprint density at radius 2 is 1.83 bits per heavy atom. The first-order valence-corrected chi connectivity index (χ1v) is 7.85. The Morgan fingerprint density at radius 1 is 1.13 bits per heavy atom. The summed E-state index contributed by atoms with van der Waals surface area (Å²) in [5, 5.41) is 0. The van der Waals surface area contributed by atoms with Gasteiger partial charge in [-0.05, 0) is 35.6 Å². The predicted molar refractivity (Wildman–Crippen MR) is 83.0 cm³/mol. The average molecular weight is 320 g/mol. The maximum Gasteiger partial charge on any atom is 0.387 e. The molecular formula is C19H19F3O. The zero-order chi connectivity index (χ0) is 16.6. The van der Waals surface area contributed by atoms with Gasteiger partial charge in [0.25, 0.3) is 0 Å². The molecule has 0 aliphatic carbocycles. The molecule has 0 aromatic heterocycles. The van der Waals surface area contributed by atoms with E-state index in [1.807, 2.05) is 24.3 Å². The van der Waals surface area contributed by atoms with E-state index in [1.165, 1.54) is 18.6 Å². The molecule has 1 heterocycles. The summed E-state index contributed by atoms with van der Waals surface area (Å²) in [6, 6.07) is 10.6. The number of ether oxygens (including phenoxy) is 1. The van der Waals surface area contributed by atoms with Crippen molar-refractivity contribution in [2.24, 2.45) is 0 Å². The van der Waals surface area contributed by atoms with Crippen LogP contribution in [0.5, 0.6) is 0 Å². The number of benzene rings is 2. The highest BCUT2D eigenvalue weighted by Gasteiger charge is 2.45. The lowest BCUT2D eigenvalue weighted by molar-refractivity contribution is -0.284. The number of halogens is 3. The van der Waals surface area contributed by atoms with E-state index in [0.717, 1.165) is 12.8 Å². The normalized spacial score (nSPS) is 19.4. The Bertz CT molecular complexity index is 707. The van der Waals surface area contributed by atoms with E-state index in [4.69, 9.17) is 4.74 Å². The van der Waals surface area contributed by atoms with Crippen LogP contribution in [0.15, 0.2) is 36.4 Å². The molecule has 0 spiro atoms. The van der Waals surface area contributed by atoms with E-state index in [-0.39, 0.29) is 12.0 Å². The van der Waals surface area contributed by atoms with E-state index >= 15 is 0 Å². The Kier molecular flexibility index (Phi) is 4.19. The van der Waals surface area contributed by atoms with Gasteiger partial charge < -0.3 is 4.74 Å². The zero-order valence-electron chi connectivity index (χ0n) is 13.2. The van der Waals surface area contributed by atoms with Crippen molar-refractivity contribution in [1.29, 1.82) is 0 Å². The first-order chi connectivity index (χ1) is 10.9. The van der Waals surface area contributed by atoms with Crippen LogP contribution in [0.3, 0.4) is 0 Å². The van der Waals surface area contributed by atoms with Crippen LogP contribution in [-0.4, -0.2) is 0 Å². The molecule has 23 heavy (non-hydrogen) atoms. The smallest absolute Gasteiger partial charge is 0.308 e. The highest BCUT2D eigenvalue weighted by molar-refractivity contribution is 5.39. The van der Waals surface area contributed by atoms with Crippen molar-refractivity contribution in [3.63, 3.8) is 0 Å². The third-order valence-electron chi connectivity index (χ3n) is 4.30. The van der Waals surface area contributed by atoms with Gasteiger partial charge in [0, 0.05) is 6.42 Å². The molecule has 1 nitrogen and oxygen atoms in total. The molecule has 2 aromatic rings. The fraction of sp³-hybridized carbons (Fsp3) is 0.368. The molecule has 0 saturated carbocycles. The van der Waals surface area contributed by atoms with Crippen LogP contribution in [-0.2, 0) is 23.7 Å². The highest BCUT2D eigenvalue weighted by Crippen LogP contribution is 2.45. The summed E-state index contributed by atoms with van der Waals surface area (Å²) >= 11 is 0. The number of rotatable bonds is 3. The minimum atomic E-state index is -3.61. The quantitative estimate of drug-likeness (QED) is 0.730. The Balaban J connectivity index is 1.94. The standard InChI is InChI=1S/C19H19F3O/c1-3-4-13-6-9-14(10-7-13)16-11-15-8-5-12(2)18(20)17(15)19(21,22)23-16/h5-10,16H,3-4,11H2,1-2H3. The predicted octanol–water partition coefficient (Wildman–Crippen LogP) is 5.45. The van der Waals surface area contributed by atoms with Gasteiger partial charge >= 0.3 is 6.11 Å². The highest BCUT2D eigenvalue weighted by atomic mass is 19.3. The number of aryl methyl sites for hydroxylation is 2. The van der Waals surface area contributed by atoms with Crippen LogP contribution in [0.2, 0.25) is 0 Å². The van der Waals surface area contributed by atoms with Crippen LogP contribution < -0.4 is 0 Å². The summed E-state index contributed by atoms with van der Waals surface area (Å²) in [6.45, 7) is 3.57. The molecule has 122 valence electrons. The number of alkyl halides is 2. The molecule has 1 atom stereocenters. The maximum absolute atomic E-state index is 14.3. The largest absolute Gasteiger partial charge is 0.387 e. The Labute approximate surface area is 134 Å². The number of fused-ring (bicyclic) bond motifs is 1. The monoisotopic (exact) mass is 320 g/mol. The van der Waals surface area contributed by atoms with Crippen LogP contribution in [0.4, 0.5) is 13.2 Å². The minimum Gasteiger partial charge on any atom is -0.308 e. The summed E-state index contributed by atoms with van der Waals surface area (Å²) in [6.07, 6.45) is -2.15. The Morgan fingerprint density at radius 3 is 2.48 bits per heavy atom. The van der Waals surface area contributed by atoms with Crippen LogP contribution in [0.1, 0.15) is 47.3 Å². The minimum absolute atomic E-state index is 0.203. The second kappa shape index (κ2) is 6.00. The molecule has 1 aliphatic heterocycles. The second-order valence-electron chi connectivity index (χ2n) is 6.05. The first-order valence-electron chi connectivity index (χ1n) is 7.85. The van der Waals surface area contributed by atoms with Gasteiger partial charge in [-0.25, -0.2) is 4.39 Å². The van der Waals surface area contributed by atoms with Crippen molar-refractivity contribution in [1.82, 2.24) is 0 Å². The van der Waals surface area contributed by atoms with Crippen molar-refractivity contribution in [3.8, 4) is 0 Å². The van der Waals surface area contributed by atoms with Crippen molar-refractivity contribution in [2.75, 3.05) is 0 Å². The van der Waals surface area contributed by atoms with Gasteiger partial charge in [-0.2, -0.15) is 8.78 Å². The molecule has 0 fully saturated rings. The Hall–Kier alpha value is -1.81. The first kappa shape index (κ1) is 16.1. The molecule has 3 rings (SSSR count). The van der Waals surface area contributed by atoms with Gasteiger partial charge in [0.2, 0.25) is 0 Å². The lowest BCUT2D eigenvalue weighted by Crippen LogP contribution is -2.31. The number of hydrogen-bond donors (Lipinski definition) is 0. The SMILES string of the molecule is CCCc1ccc(C2Cc3ccc(C)c(F)c3C(F)(F)O2)cc1. The third-order valence-corrected chi connectivity index (χ3v) is 4.30. The van der Waals surface area contributed by atoms with Crippen molar-refractivity contribution >= 4 is 0 Å². The second-order valence-corrected chi connectivity index (χ2v) is 6.05. The molecule has 4 heteroatoms. The summed E-state index contributed by atoms with van der Waals surface area (Å²) in [5.74, 6) is -0.871. The topological polar surface area (TPSA) is 9.23 Å². The average Bonchev–Trinajstić information content (AvgIpc) is 2.51. The molecular weight excluding hydrogens is 301 g/mol. The zero-order valence-corrected chi connectivity index (χ0v) is 13.2.